The molecule has 0 bridgehead atoms. The number of quaternary nitrogens is 1. The highest BCUT2D eigenvalue weighted by Crippen LogP contribution is 2.26. The van der Waals surface area contributed by atoms with E-state index >= 15 is 0 Å². The lowest BCUT2D eigenvalue weighted by Gasteiger charge is -2.31. The number of carbonyl (C=O) groups is 1. The van der Waals surface area contributed by atoms with Gasteiger partial charge in [0.05, 0.1) is 10.6 Å². The monoisotopic (exact) mass is 372 g/mol. The fourth-order valence-electron chi connectivity index (χ4n) is 2.67. The lowest BCUT2D eigenvalue weighted by Crippen LogP contribution is -3.16. The largest absolute Gasteiger partial charge is 0.364 e. The first-order chi connectivity index (χ1) is 10.3. The molecule has 0 radical (unpaired) electrons. The molecule has 1 aliphatic heterocycles. The summed E-state index contributed by atoms with van der Waals surface area (Å²) in [5, 5.41) is 13.5. The van der Waals surface area contributed by atoms with Crippen LogP contribution in [0.5, 0.6) is 0 Å². The molecule has 0 aliphatic carbocycles. The van der Waals surface area contributed by atoms with Gasteiger partial charge in [0.1, 0.15) is 25.3 Å². The summed E-state index contributed by atoms with van der Waals surface area (Å²) in [6.07, 6.45) is 0.273. The second-order valence-electron chi connectivity index (χ2n) is 5.56. The Bertz CT molecular complexity index is 571. The maximum atomic E-state index is 12.1. The number of carbonyl (C=O) groups excluding carboxylic acids is 1. The number of ether oxygens (including phenoxy) is 1. The van der Waals surface area contributed by atoms with Crippen molar-refractivity contribution in [3.63, 3.8) is 0 Å². The number of nitro benzene ring substituents is 1. The Balaban J connectivity index is 1.96. The molecule has 1 fully saturated rings. The van der Waals surface area contributed by atoms with E-state index in [0.29, 0.717) is 16.7 Å². The SMILES string of the molecule is C[C@H]1C[NH+](CC(=O)Nc2ccc([N+](=O)[O-])cc2Br)C[C@H](C)O1. The van der Waals surface area contributed by atoms with E-state index < -0.39 is 4.92 Å². The fraction of sp³-hybridized carbons (Fsp3) is 0.500. The van der Waals surface area contributed by atoms with Crippen molar-refractivity contribution < 1.29 is 19.4 Å². The maximum absolute atomic E-state index is 12.1. The quantitative estimate of drug-likeness (QED) is 0.609. The van der Waals surface area contributed by atoms with Crippen LogP contribution in [0.2, 0.25) is 0 Å². The van der Waals surface area contributed by atoms with Gasteiger partial charge in [-0.3, -0.25) is 14.9 Å². The number of anilines is 1. The Morgan fingerprint density at radius 3 is 2.64 bits per heavy atom. The van der Waals surface area contributed by atoms with Gasteiger partial charge in [-0.2, -0.15) is 0 Å². The van der Waals surface area contributed by atoms with Crippen molar-refractivity contribution in [2.75, 3.05) is 25.0 Å². The van der Waals surface area contributed by atoms with E-state index in [2.05, 4.69) is 21.2 Å². The van der Waals surface area contributed by atoms with Gasteiger partial charge in [-0.1, -0.05) is 0 Å². The van der Waals surface area contributed by atoms with Crippen molar-refractivity contribution in [2.45, 2.75) is 26.1 Å². The Labute approximate surface area is 136 Å². The van der Waals surface area contributed by atoms with Crippen LogP contribution in [0, 0.1) is 10.1 Å². The minimum absolute atomic E-state index is 0.0219. The fourth-order valence-corrected chi connectivity index (χ4v) is 3.14. The molecule has 7 nitrogen and oxygen atoms in total. The number of hydrogen-bond donors (Lipinski definition) is 2. The van der Waals surface area contributed by atoms with Crippen LogP contribution in [0.4, 0.5) is 11.4 Å². The molecule has 1 amide bonds. The molecule has 1 saturated heterocycles. The molecule has 2 atom stereocenters. The van der Waals surface area contributed by atoms with Gasteiger partial charge >= 0.3 is 0 Å². The number of benzene rings is 1. The van der Waals surface area contributed by atoms with E-state index in [9.17, 15) is 14.9 Å². The molecule has 2 N–H and O–H groups in total. The Morgan fingerprint density at radius 1 is 1.45 bits per heavy atom. The molecule has 22 heavy (non-hydrogen) atoms. The number of nitrogens with one attached hydrogen (secondary N) is 2. The highest BCUT2D eigenvalue weighted by atomic mass is 79.9. The van der Waals surface area contributed by atoms with Crippen molar-refractivity contribution in [1.29, 1.82) is 0 Å². The van der Waals surface area contributed by atoms with Crippen molar-refractivity contribution in [3.8, 4) is 0 Å². The van der Waals surface area contributed by atoms with Gasteiger partial charge in [0, 0.05) is 16.6 Å². The van der Waals surface area contributed by atoms with Crippen LogP contribution < -0.4 is 10.2 Å². The molecule has 1 aromatic carbocycles. The number of hydrogen-bond acceptors (Lipinski definition) is 4. The second-order valence-corrected chi connectivity index (χ2v) is 6.42. The highest BCUT2D eigenvalue weighted by molar-refractivity contribution is 9.10. The van der Waals surface area contributed by atoms with Gasteiger partial charge in [-0.15, -0.1) is 0 Å². The zero-order chi connectivity index (χ0) is 16.3. The third-order valence-corrected chi connectivity index (χ3v) is 4.12. The maximum Gasteiger partial charge on any atom is 0.279 e. The highest BCUT2D eigenvalue weighted by Gasteiger charge is 2.27. The summed E-state index contributed by atoms with van der Waals surface area (Å²) in [6.45, 7) is 5.93. The smallest absolute Gasteiger partial charge is 0.279 e. The summed E-state index contributed by atoms with van der Waals surface area (Å²) in [6, 6.07) is 4.27. The molecule has 2 rings (SSSR count). The van der Waals surface area contributed by atoms with Crippen molar-refractivity contribution in [3.05, 3.63) is 32.8 Å². The molecular formula is C14H19BrN3O4+. The van der Waals surface area contributed by atoms with Crippen molar-refractivity contribution >= 4 is 33.2 Å². The van der Waals surface area contributed by atoms with E-state index in [1.807, 2.05) is 13.8 Å². The zero-order valence-electron chi connectivity index (χ0n) is 12.5. The average Bonchev–Trinajstić information content (AvgIpc) is 2.39. The lowest BCUT2D eigenvalue weighted by atomic mass is 10.2. The topological polar surface area (TPSA) is 85.9 Å². The van der Waals surface area contributed by atoms with Gasteiger partial charge in [-0.05, 0) is 35.8 Å². The predicted octanol–water partition coefficient (Wildman–Crippen LogP) is 0.988. The van der Waals surface area contributed by atoms with Gasteiger partial charge in [0.15, 0.2) is 6.54 Å². The van der Waals surface area contributed by atoms with Crippen molar-refractivity contribution in [2.24, 2.45) is 0 Å². The molecule has 0 spiro atoms. The first-order valence-electron chi connectivity index (χ1n) is 7.08. The third kappa shape index (κ3) is 4.49. The number of non-ortho nitro benzene ring substituents is 1. The molecule has 0 saturated carbocycles. The third-order valence-electron chi connectivity index (χ3n) is 3.47. The van der Waals surface area contributed by atoms with E-state index in [4.69, 9.17) is 4.74 Å². The van der Waals surface area contributed by atoms with Crippen LogP contribution in [0.15, 0.2) is 22.7 Å². The summed E-state index contributed by atoms with van der Waals surface area (Å²) in [4.78, 5) is 23.5. The normalized spacial score (nSPS) is 24.8. The number of nitro groups is 1. The van der Waals surface area contributed by atoms with Crippen LogP contribution in [0.3, 0.4) is 0 Å². The number of halogens is 1. The molecule has 1 aliphatic rings. The predicted molar refractivity (Wildman–Crippen MR) is 85.0 cm³/mol. The summed E-state index contributed by atoms with van der Waals surface area (Å²) < 4.78 is 6.14. The second kappa shape index (κ2) is 7.17. The Morgan fingerprint density at radius 2 is 2.09 bits per heavy atom. The number of amides is 1. The molecule has 8 heteroatoms. The Hall–Kier alpha value is -1.51. The minimum Gasteiger partial charge on any atom is -0.364 e. The lowest BCUT2D eigenvalue weighted by molar-refractivity contribution is -0.907. The molecule has 0 aromatic heterocycles. The first-order valence-corrected chi connectivity index (χ1v) is 7.87. The summed E-state index contributed by atoms with van der Waals surface area (Å²) in [5.74, 6) is -0.120. The summed E-state index contributed by atoms with van der Waals surface area (Å²) in [7, 11) is 0. The van der Waals surface area contributed by atoms with Gasteiger partial charge in [0.2, 0.25) is 0 Å². The van der Waals surface area contributed by atoms with Crippen LogP contribution in [0.1, 0.15) is 13.8 Å². The van der Waals surface area contributed by atoms with E-state index in [1.54, 1.807) is 0 Å². The van der Waals surface area contributed by atoms with Gasteiger partial charge < -0.3 is 15.0 Å². The van der Waals surface area contributed by atoms with Crippen LogP contribution >= 0.6 is 15.9 Å². The first kappa shape index (κ1) is 16.9. The van der Waals surface area contributed by atoms with Crippen LogP contribution in [-0.2, 0) is 9.53 Å². The van der Waals surface area contributed by atoms with Crippen LogP contribution in [-0.4, -0.2) is 42.7 Å². The molecule has 1 heterocycles. The van der Waals surface area contributed by atoms with Crippen molar-refractivity contribution in [1.82, 2.24) is 0 Å². The number of morpholine rings is 1. The number of rotatable bonds is 4. The standard InChI is InChI=1S/C14H18BrN3O4/c1-9-6-17(7-10(2)22-9)8-14(19)16-13-4-3-11(18(20)21)5-12(13)15/h3-5,9-10H,6-8H2,1-2H3,(H,16,19)/p+1/t9-,10-/m0/s1. The average molecular weight is 373 g/mol. The molecule has 1 aromatic rings. The molecule has 0 unspecified atom stereocenters. The van der Waals surface area contributed by atoms with E-state index in [1.165, 1.54) is 23.1 Å². The summed E-state index contributed by atoms with van der Waals surface area (Å²) >= 11 is 3.24. The van der Waals surface area contributed by atoms with Gasteiger partial charge in [-0.25, -0.2) is 0 Å². The van der Waals surface area contributed by atoms with Crippen LogP contribution in [0.25, 0.3) is 0 Å². The summed E-state index contributed by atoms with van der Waals surface area (Å²) in [5.41, 5.74) is 0.510. The molecular weight excluding hydrogens is 354 g/mol. The Kier molecular flexibility index (Phi) is 5.49. The van der Waals surface area contributed by atoms with Gasteiger partial charge in [0.25, 0.3) is 11.6 Å². The minimum atomic E-state index is -0.475. The number of nitrogens with zero attached hydrogens (tertiary/aromatic N) is 1. The van der Waals surface area contributed by atoms with E-state index in [0.717, 1.165) is 13.1 Å². The molecule has 120 valence electrons. The van der Waals surface area contributed by atoms with E-state index in [-0.39, 0.29) is 23.8 Å². The zero-order valence-corrected chi connectivity index (χ0v) is 14.1.